The van der Waals surface area contributed by atoms with E-state index in [9.17, 15) is 13.2 Å². The van der Waals surface area contributed by atoms with Crippen molar-refractivity contribution in [2.24, 2.45) is 5.10 Å². The molecular formula is C15H16F3N5O. The zero-order valence-corrected chi connectivity index (χ0v) is 12.7. The Bertz CT molecular complexity index is 712. The number of alkyl halides is 3. The maximum atomic E-state index is 13.4. The molecule has 1 aliphatic rings. The van der Waals surface area contributed by atoms with E-state index in [4.69, 9.17) is 4.74 Å². The van der Waals surface area contributed by atoms with Gasteiger partial charge < -0.3 is 10.1 Å². The van der Waals surface area contributed by atoms with Crippen LogP contribution in [0.1, 0.15) is 11.1 Å². The first-order valence-corrected chi connectivity index (χ1v) is 7.34. The average Bonchev–Trinajstić information content (AvgIpc) is 3.08. The molecule has 0 saturated heterocycles. The standard InChI is InChI=1S/C15H16F3N5O/c16-15(17,18)12-8-11(14-9-24-10-20-22-14)2-3-13(12)19-5-7-23-6-1-4-21-23/h1-4,6,8,19-20H,5,7,9-10H2. The van der Waals surface area contributed by atoms with Gasteiger partial charge in [0.15, 0.2) is 0 Å². The van der Waals surface area contributed by atoms with Crippen LogP contribution in [0.3, 0.4) is 0 Å². The van der Waals surface area contributed by atoms with E-state index in [1.54, 1.807) is 29.2 Å². The maximum absolute atomic E-state index is 13.4. The SMILES string of the molecule is FC(F)(F)c1cc(C2=NNCOC2)ccc1NCCn1cccn1. The van der Waals surface area contributed by atoms with Gasteiger partial charge in [-0.1, -0.05) is 6.07 Å². The Morgan fingerprint density at radius 3 is 2.88 bits per heavy atom. The molecule has 2 N–H and O–H groups in total. The lowest BCUT2D eigenvalue weighted by Crippen LogP contribution is -2.26. The van der Waals surface area contributed by atoms with Gasteiger partial charge in [0.25, 0.3) is 0 Å². The normalized spacial score (nSPS) is 14.9. The van der Waals surface area contributed by atoms with Gasteiger partial charge in [-0.3, -0.25) is 10.1 Å². The van der Waals surface area contributed by atoms with E-state index >= 15 is 0 Å². The number of nitrogens with zero attached hydrogens (tertiary/aromatic N) is 3. The number of nitrogens with one attached hydrogen (secondary N) is 2. The minimum atomic E-state index is -4.46. The van der Waals surface area contributed by atoms with Crippen LogP contribution in [0.2, 0.25) is 0 Å². The lowest BCUT2D eigenvalue weighted by molar-refractivity contribution is -0.137. The molecule has 6 nitrogen and oxygen atoms in total. The van der Waals surface area contributed by atoms with Gasteiger partial charge in [0.2, 0.25) is 0 Å². The fourth-order valence-electron chi connectivity index (χ4n) is 2.35. The monoisotopic (exact) mass is 339 g/mol. The topological polar surface area (TPSA) is 63.5 Å². The van der Waals surface area contributed by atoms with Crippen molar-refractivity contribution in [3.63, 3.8) is 0 Å². The van der Waals surface area contributed by atoms with Crippen LogP contribution in [0, 0.1) is 0 Å². The molecule has 0 atom stereocenters. The zero-order chi connectivity index (χ0) is 17.0. The Balaban J connectivity index is 1.78. The van der Waals surface area contributed by atoms with Gasteiger partial charge in [-0.05, 0) is 18.2 Å². The van der Waals surface area contributed by atoms with Crippen LogP contribution in [0.25, 0.3) is 0 Å². The number of hydrogen-bond acceptors (Lipinski definition) is 5. The second-order valence-electron chi connectivity index (χ2n) is 5.16. The van der Waals surface area contributed by atoms with Crippen molar-refractivity contribution in [1.29, 1.82) is 0 Å². The van der Waals surface area contributed by atoms with Crippen LogP contribution < -0.4 is 10.7 Å². The highest BCUT2D eigenvalue weighted by atomic mass is 19.4. The number of hydrogen-bond donors (Lipinski definition) is 2. The summed E-state index contributed by atoms with van der Waals surface area (Å²) in [5.74, 6) is 0. The van der Waals surface area contributed by atoms with Crippen LogP contribution >= 0.6 is 0 Å². The summed E-state index contributed by atoms with van der Waals surface area (Å²) in [6, 6.07) is 5.86. The van der Waals surface area contributed by atoms with Crippen LogP contribution in [-0.4, -0.2) is 35.4 Å². The van der Waals surface area contributed by atoms with Crippen molar-refractivity contribution in [1.82, 2.24) is 15.2 Å². The van der Waals surface area contributed by atoms with Crippen LogP contribution in [0.4, 0.5) is 18.9 Å². The largest absolute Gasteiger partial charge is 0.418 e. The van der Waals surface area contributed by atoms with E-state index in [1.165, 1.54) is 6.07 Å². The quantitative estimate of drug-likeness (QED) is 0.877. The lowest BCUT2D eigenvalue weighted by Gasteiger charge is -2.18. The molecule has 2 heterocycles. The molecule has 2 aromatic rings. The zero-order valence-electron chi connectivity index (χ0n) is 12.7. The molecule has 24 heavy (non-hydrogen) atoms. The third kappa shape index (κ3) is 3.85. The molecule has 9 heteroatoms. The van der Waals surface area contributed by atoms with Crippen molar-refractivity contribution in [2.45, 2.75) is 12.7 Å². The van der Waals surface area contributed by atoms with Gasteiger partial charge in [-0.15, -0.1) is 0 Å². The fraction of sp³-hybridized carbons (Fsp3) is 0.333. The fourth-order valence-corrected chi connectivity index (χ4v) is 2.35. The van der Waals surface area contributed by atoms with Gasteiger partial charge in [-0.2, -0.15) is 23.4 Å². The molecule has 3 rings (SSSR count). The summed E-state index contributed by atoms with van der Waals surface area (Å²) >= 11 is 0. The molecule has 0 saturated carbocycles. The molecule has 0 unspecified atom stereocenters. The molecule has 128 valence electrons. The number of rotatable bonds is 5. The number of hydrazone groups is 1. The molecule has 0 aliphatic carbocycles. The number of halogens is 3. The molecule has 0 amide bonds. The van der Waals surface area contributed by atoms with Gasteiger partial charge in [0.1, 0.15) is 6.73 Å². The smallest absolute Gasteiger partial charge is 0.383 e. The highest BCUT2D eigenvalue weighted by Gasteiger charge is 2.34. The number of anilines is 1. The third-order valence-corrected chi connectivity index (χ3v) is 3.49. The maximum Gasteiger partial charge on any atom is 0.418 e. The minimum absolute atomic E-state index is 0.0312. The highest BCUT2D eigenvalue weighted by Crippen LogP contribution is 2.35. The Morgan fingerprint density at radius 1 is 1.33 bits per heavy atom. The summed E-state index contributed by atoms with van der Waals surface area (Å²) in [5.41, 5.74) is 2.74. The van der Waals surface area contributed by atoms with Gasteiger partial charge >= 0.3 is 6.18 Å². The Hall–Kier alpha value is -2.55. The number of benzene rings is 1. The summed E-state index contributed by atoms with van der Waals surface area (Å²) in [4.78, 5) is 0. The Labute approximate surface area is 136 Å². The molecular weight excluding hydrogens is 323 g/mol. The first kappa shape index (κ1) is 16.3. The van der Waals surface area contributed by atoms with E-state index in [1.807, 2.05) is 0 Å². The van der Waals surface area contributed by atoms with E-state index < -0.39 is 11.7 Å². The van der Waals surface area contributed by atoms with Crippen LogP contribution in [0.5, 0.6) is 0 Å². The molecule has 0 fully saturated rings. The summed E-state index contributed by atoms with van der Waals surface area (Å²) in [6.07, 6.45) is -1.09. The minimum Gasteiger partial charge on any atom is -0.383 e. The van der Waals surface area contributed by atoms with Crippen molar-refractivity contribution >= 4 is 11.4 Å². The second-order valence-corrected chi connectivity index (χ2v) is 5.16. The molecule has 1 aromatic carbocycles. The van der Waals surface area contributed by atoms with Crippen molar-refractivity contribution in [2.75, 3.05) is 25.2 Å². The second kappa shape index (κ2) is 6.91. The molecule has 0 spiro atoms. The average molecular weight is 339 g/mol. The summed E-state index contributed by atoms with van der Waals surface area (Å²) in [5, 5.41) is 10.8. The first-order valence-electron chi connectivity index (χ1n) is 7.34. The molecule has 0 radical (unpaired) electrons. The van der Waals surface area contributed by atoms with Gasteiger partial charge in [0.05, 0.1) is 24.4 Å². The van der Waals surface area contributed by atoms with Crippen LogP contribution in [-0.2, 0) is 17.5 Å². The van der Waals surface area contributed by atoms with Crippen molar-refractivity contribution < 1.29 is 17.9 Å². The van der Waals surface area contributed by atoms with Crippen molar-refractivity contribution in [3.05, 3.63) is 47.8 Å². The lowest BCUT2D eigenvalue weighted by atomic mass is 10.0. The van der Waals surface area contributed by atoms with Gasteiger partial charge in [0, 0.05) is 30.2 Å². The first-order chi connectivity index (χ1) is 11.5. The third-order valence-electron chi connectivity index (χ3n) is 3.49. The number of ether oxygens (including phenoxy) is 1. The number of aromatic nitrogens is 2. The summed E-state index contributed by atoms with van der Waals surface area (Å²) in [7, 11) is 0. The van der Waals surface area contributed by atoms with E-state index in [0.717, 1.165) is 6.07 Å². The van der Waals surface area contributed by atoms with E-state index in [-0.39, 0.29) is 19.0 Å². The Kier molecular flexibility index (Phi) is 4.70. The molecule has 1 aromatic heterocycles. The van der Waals surface area contributed by atoms with E-state index in [0.29, 0.717) is 24.4 Å². The summed E-state index contributed by atoms with van der Waals surface area (Å²) in [6.45, 7) is 1.23. The molecule has 1 aliphatic heterocycles. The molecule has 0 bridgehead atoms. The van der Waals surface area contributed by atoms with E-state index in [2.05, 4.69) is 20.9 Å². The van der Waals surface area contributed by atoms with Crippen molar-refractivity contribution in [3.8, 4) is 0 Å². The highest BCUT2D eigenvalue weighted by molar-refractivity contribution is 6.02. The predicted octanol–water partition coefficient (Wildman–Crippen LogP) is 2.30. The predicted molar refractivity (Wildman–Crippen MR) is 82.7 cm³/mol. The Morgan fingerprint density at radius 2 is 2.21 bits per heavy atom. The van der Waals surface area contributed by atoms with Crippen LogP contribution in [0.15, 0.2) is 41.8 Å². The summed E-state index contributed by atoms with van der Waals surface area (Å²) < 4.78 is 46.9. The van der Waals surface area contributed by atoms with Gasteiger partial charge in [-0.25, -0.2) is 0 Å².